The van der Waals surface area contributed by atoms with Gasteiger partial charge in [0, 0.05) is 13.0 Å². The first-order valence-electron chi connectivity index (χ1n) is 7.98. The molecule has 2 N–H and O–H groups in total. The van der Waals surface area contributed by atoms with Crippen LogP contribution >= 0.6 is 0 Å². The second-order valence-electron chi connectivity index (χ2n) is 6.01. The molecule has 1 fully saturated rings. The minimum atomic E-state index is -0.937. The first-order chi connectivity index (χ1) is 11.5. The van der Waals surface area contributed by atoms with E-state index in [1.807, 2.05) is 0 Å². The fraction of sp³-hybridized carbons (Fsp3) is 0.412. The van der Waals surface area contributed by atoms with E-state index in [1.54, 1.807) is 18.2 Å². The van der Waals surface area contributed by atoms with E-state index in [9.17, 15) is 19.2 Å². The molecule has 2 heterocycles. The molecular formula is C17H18N2O5. The molecule has 0 bridgehead atoms. The summed E-state index contributed by atoms with van der Waals surface area (Å²) in [5.74, 6) is -1.98. The SMILES string of the molecule is O=C1CCC(N2C(=O)c3ccc(CCCCO)cc3C2=O)C(=O)N1. The van der Waals surface area contributed by atoms with Gasteiger partial charge in [0.2, 0.25) is 11.8 Å². The molecule has 0 radical (unpaired) electrons. The highest BCUT2D eigenvalue weighted by molar-refractivity contribution is 6.23. The molecule has 3 rings (SSSR count). The molecule has 4 amide bonds. The highest BCUT2D eigenvalue weighted by Gasteiger charge is 2.44. The Morgan fingerprint density at radius 2 is 1.83 bits per heavy atom. The van der Waals surface area contributed by atoms with Crippen LogP contribution in [0.5, 0.6) is 0 Å². The number of fused-ring (bicyclic) bond motifs is 1. The number of hydrogen-bond donors (Lipinski definition) is 2. The van der Waals surface area contributed by atoms with Gasteiger partial charge in [0.15, 0.2) is 0 Å². The smallest absolute Gasteiger partial charge is 0.262 e. The maximum absolute atomic E-state index is 12.6. The molecule has 0 aromatic heterocycles. The summed E-state index contributed by atoms with van der Waals surface area (Å²) in [7, 11) is 0. The quantitative estimate of drug-likeness (QED) is 0.601. The second-order valence-corrected chi connectivity index (χ2v) is 6.01. The molecule has 1 unspecified atom stereocenters. The van der Waals surface area contributed by atoms with Crippen molar-refractivity contribution >= 4 is 23.6 Å². The van der Waals surface area contributed by atoms with Crippen molar-refractivity contribution in [2.45, 2.75) is 38.1 Å². The van der Waals surface area contributed by atoms with Gasteiger partial charge >= 0.3 is 0 Å². The van der Waals surface area contributed by atoms with Gasteiger partial charge in [-0.15, -0.1) is 0 Å². The summed E-state index contributed by atoms with van der Waals surface area (Å²) >= 11 is 0. The maximum Gasteiger partial charge on any atom is 0.262 e. The Kier molecular flexibility index (Phi) is 4.44. The van der Waals surface area contributed by atoms with Gasteiger partial charge < -0.3 is 5.11 Å². The number of unbranched alkanes of at least 4 members (excludes halogenated alkanes) is 1. The third kappa shape index (κ3) is 2.82. The Hall–Kier alpha value is -2.54. The van der Waals surface area contributed by atoms with Gasteiger partial charge in [0.25, 0.3) is 11.8 Å². The number of nitrogens with one attached hydrogen (secondary N) is 1. The topological polar surface area (TPSA) is 104 Å². The molecule has 1 saturated heterocycles. The van der Waals surface area contributed by atoms with Crippen molar-refractivity contribution in [3.63, 3.8) is 0 Å². The van der Waals surface area contributed by atoms with Crippen LogP contribution in [-0.4, -0.2) is 46.3 Å². The van der Waals surface area contributed by atoms with E-state index >= 15 is 0 Å². The third-order valence-electron chi connectivity index (χ3n) is 4.38. The summed E-state index contributed by atoms with van der Waals surface area (Å²) in [4.78, 5) is 49.3. The second kappa shape index (κ2) is 6.52. The number of carbonyl (C=O) groups is 4. The largest absolute Gasteiger partial charge is 0.396 e. The summed E-state index contributed by atoms with van der Waals surface area (Å²) in [6, 6.07) is 4.14. The van der Waals surface area contributed by atoms with Crippen molar-refractivity contribution in [2.75, 3.05) is 6.61 Å². The van der Waals surface area contributed by atoms with Crippen molar-refractivity contribution in [3.05, 3.63) is 34.9 Å². The van der Waals surface area contributed by atoms with Crippen LogP contribution in [0.15, 0.2) is 18.2 Å². The Bertz CT molecular complexity index is 728. The van der Waals surface area contributed by atoms with Crippen LogP contribution in [0.4, 0.5) is 0 Å². The molecule has 7 nitrogen and oxygen atoms in total. The number of rotatable bonds is 5. The number of aliphatic hydroxyl groups excluding tert-OH is 1. The van der Waals surface area contributed by atoms with Crippen LogP contribution in [0.2, 0.25) is 0 Å². The molecule has 0 spiro atoms. The highest BCUT2D eigenvalue weighted by atomic mass is 16.3. The van der Waals surface area contributed by atoms with E-state index in [2.05, 4.69) is 5.32 Å². The Morgan fingerprint density at radius 3 is 2.54 bits per heavy atom. The van der Waals surface area contributed by atoms with E-state index in [-0.39, 0.29) is 30.9 Å². The average molecular weight is 330 g/mol. The monoisotopic (exact) mass is 330 g/mol. The van der Waals surface area contributed by atoms with E-state index in [1.165, 1.54) is 0 Å². The van der Waals surface area contributed by atoms with Gasteiger partial charge in [-0.1, -0.05) is 6.07 Å². The predicted molar refractivity (Wildman–Crippen MR) is 83.1 cm³/mol. The molecule has 2 aliphatic heterocycles. The maximum atomic E-state index is 12.6. The van der Waals surface area contributed by atoms with Crippen LogP contribution in [0.3, 0.4) is 0 Å². The molecule has 1 aromatic rings. The summed E-state index contributed by atoms with van der Waals surface area (Å²) in [5.41, 5.74) is 1.50. The molecule has 1 atom stereocenters. The zero-order valence-electron chi connectivity index (χ0n) is 13.1. The molecular weight excluding hydrogens is 312 g/mol. The number of carbonyl (C=O) groups excluding carboxylic acids is 4. The number of hydrogen-bond acceptors (Lipinski definition) is 5. The number of imide groups is 2. The first kappa shape index (κ1) is 16.3. The van der Waals surface area contributed by atoms with Gasteiger partial charge in [-0.25, -0.2) is 0 Å². The predicted octanol–water partition coefficient (Wildman–Crippen LogP) is 0.403. The molecule has 2 aliphatic rings. The molecule has 1 aromatic carbocycles. The standard InChI is InChI=1S/C17H18N2O5/c20-8-2-1-3-10-4-5-11-12(9-10)17(24)19(16(11)23)13-6-7-14(21)18-15(13)22/h4-5,9,13,20H,1-3,6-8H2,(H,18,21,22). The number of amides is 4. The lowest BCUT2D eigenvalue weighted by Crippen LogP contribution is -2.54. The van der Waals surface area contributed by atoms with Crippen molar-refractivity contribution in [3.8, 4) is 0 Å². The van der Waals surface area contributed by atoms with Gasteiger partial charge in [-0.3, -0.25) is 29.4 Å². The Balaban J connectivity index is 1.83. The Labute approximate surface area is 138 Å². The summed E-state index contributed by atoms with van der Waals surface area (Å²) in [5, 5.41) is 11.0. The molecule has 0 aliphatic carbocycles. The first-order valence-corrected chi connectivity index (χ1v) is 7.98. The molecule has 0 saturated carbocycles. The lowest BCUT2D eigenvalue weighted by atomic mass is 10.0. The summed E-state index contributed by atoms with van der Waals surface area (Å²) in [6.45, 7) is 0.117. The third-order valence-corrected chi connectivity index (χ3v) is 4.38. The molecule has 24 heavy (non-hydrogen) atoms. The summed E-state index contributed by atoms with van der Waals surface area (Å²) < 4.78 is 0. The van der Waals surface area contributed by atoms with Crippen molar-refractivity contribution in [1.82, 2.24) is 10.2 Å². The number of aryl methyl sites for hydroxylation is 1. The van der Waals surface area contributed by atoms with E-state index in [4.69, 9.17) is 5.11 Å². The zero-order chi connectivity index (χ0) is 17.3. The fourth-order valence-electron chi connectivity index (χ4n) is 3.11. The van der Waals surface area contributed by atoms with Gasteiger partial charge in [-0.05, 0) is 43.4 Å². The summed E-state index contributed by atoms with van der Waals surface area (Å²) in [6.07, 6.45) is 2.42. The lowest BCUT2D eigenvalue weighted by Gasteiger charge is -2.27. The van der Waals surface area contributed by atoms with Gasteiger partial charge in [0.05, 0.1) is 11.1 Å². The van der Waals surface area contributed by atoms with Gasteiger partial charge in [-0.2, -0.15) is 0 Å². The Morgan fingerprint density at radius 1 is 1.08 bits per heavy atom. The van der Waals surface area contributed by atoms with E-state index in [0.717, 1.165) is 16.9 Å². The van der Waals surface area contributed by atoms with Crippen LogP contribution in [0, 0.1) is 0 Å². The van der Waals surface area contributed by atoms with Crippen molar-refractivity contribution in [1.29, 1.82) is 0 Å². The fourth-order valence-corrected chi connectivity index (χ4v) is 3.11. The van der Waals surface area contributed by atoms with E-state index < -0.39 is 23.8 Å². The lowest BCUT2D eigenvalue weighted by molar-refractivity contribution is -0.136. The normalized spacial score (nSPS) is 20.4. The van der Waals surface area contributed by atoms with Crippen molar-refractivity contribution < 1.29 is 24.3 Å². The average Bonchev–Trinajstić information content (AvgIpc) is 2.80. The van der Waals surface area contributed by atoms with Crippen LogP contribution in [0.25, 0.3) is 0 Å². The highest BCUT2D eigenvalue weighted by Crippen LogP contribution is 2.28. The van der Waals surface area contributed by atoms with Crippen LogP contribution < -0.4 is 5.32 Å². The van der Waals surface area contributed by atoms with Crippen molar-refractivity contribution in [2.24, 2.45) is 0 Å². The van der Waals surface area contributed by atoms with E-state index in [0.29, 0.717) is 18.4 Å². The minimum Gasteiger partial charge on any atom is -0.396 e. The number of benzene rings is 1. The number of piperidine rings is 1. The van der Waals surface area contributed by atoms with Crippen LogP contribution in [0.1, 0.15) is 52.0 Å². The minimum absolute atomic E-state index is 0.107. The molecule has 126 valence electrons. The van der Waals surface area contributed by atoms with Gasteiger partial charge in [0.1, 0.15) is 6.04 Å². The number of aliphatic hydroxyl groups is 1. The molecule has 7 heteroatoms. The zero-order valence-corrected chi connectivity index (χ0v) is 13.1. The van der Waals surface area contributed by atoms with Crippen LogP contribution in [-0.2, 0) is 16.0 Å². The number of nitrogens with zero attached hydrogens (tertiary/aromatic N) is 1.